The Kier molecular flexibility index (Phi) is 9.18. The first-order chi connectivity index (χ1) is 19.1. The minimum Gasteiger partial charge on any atom is -0.495 e. The third-order valence-electron chi connectivity index (χ3n) is 7.65. The zero-order valence-electron chi connectivity index (χ0n) is 23.7. The highest BCUT2D eigenvalue weighted by Gasteiger charge is 2.23. The second-order valence-corrected chi connectivity index (χ2v) is 11.0. The fourth-order valence-electron chi connectivity index (χ4n) is 5.54. The predicted molar refractivity (Wildman–Crippen MR) is 161 cm³/mol. The van der Waals surface area contributed by atoms with Crippen molar-refractivity contribution in [1.29, 1.82) is 0 Å². The van der Waals surface area contributed by atoms with Crippen LogP contribution in [0.2, 0.25) is 0 Å². The van der Waals surface area contributed by atoms with Crippen molar-refractivity contribution in [2.45, 2.75) is 51.1 Å². The smallest absolute Gasteiger partial charge is 0.227 e. The van der Waals surface area contributed by atoms with Crippen molar-refractivity contribution in [3.63, 3.8) is 0 Å². The van der Waals surface area contributed by atoms with Crippen LogP contribution in [0, 0.1) is 11.8 Å². The van der Waals surface area contributed by atoms with Gasteiger partial charge >= 0.3 is 0 Å². The van der Waals surface area contributed by atoms with Crippen LogP contribution in [-0.4, -0.2) is 79.7 Å². The van der Waals surface area contributed by atoms with E-state index in [0.29, 0.717) is 6.04 Å². The number of ether oxygens (including phenoxy) is 1. The van der Waals surface area contributed by atoms with Crippen molar-refractivity contribution >= 4 is 22.7 Å². The van der Waals surface area contributed by atoms with Gasteiger partial charge in [0.15, 0.2) is 0 Å². The SMILES string of the molecule is COc1cc2c(NC3CCCN(Cc4ccccc4)C3)nc(N3CCCCC3)nc2cc1C#CCCN(C)C. The Balaban J connectivity index is 1.44. The van der Waals surface area contributed by atoms with Gasteiger partial charge in [-0.2, -0.15) is 4.98 Å². The Morgan fingerprint density at radius 2 is 1.85 bits per heavy atom. The highest BCUT2D eigenvalue weighted by atomic mass is 16.5. The molecule has 0 radical (unpaired) electrons. The van der Waals surface area contributed by atoms with Crippen LogP contribution in [0.25, 0.3) is 10.9 Å². The lowest BCUT2D eigenvalue weighted by molar-refractivity contribution is 0.208. The van der Waals surface area contributed by atoms with Crippen molar-refractivity contribution in [2.24, 2.45) is 0 Å². The van der Waals surface area contributed by atoms with E-state index in [2.05, 4.69) is 88.4 Å². The van der Waals surface area contributed by atoms with Crippen molar-refractivity contribution in [3.8, 4) is 17.6 Å². The normalized spacial score (nSPS) is 18.2. The first kappa shape index (κ1) is 27.2. The van der Waals surface area contributed by atoms with Crippen molar-refractivity contribution in [3.05, 3.63) is 53.6 Å². The van der Waals surface area contributed by atoms with Gasteiger partial charge in [-0.05, 0) is 70.4 Å². The maximum Gasteiger partial charge on any atom is 0.227 e. The number of likely N-dealkylation sites (tertiary alicyclic amines) is 1. The number of piperidine rings is 2. The molecule has 1 N–H and O–H groups in total. The number of nitrogens with zero attached hydrogens (tertiary/aromatic N) is 5. The summed E-state index contributed by atoms with van der Waals surface area (Å²) in [6.45, 7) is 6.04. The Morgan fingerprint density at radius 3 is 2.62 bits per heavy atom. The molecular weight excluding hydrogens is 484 g/mol. The largest absolute Gasteiger partial charge is 0.495 e. The Morgan fingerprint density at radius 1 is 1.03 bits per heavy atom. The number of fused-ring (bicyclic) bond motifs is 1. The second-order valence-electron chi connectivity index (χ2n) is 11.0. The quantitative estimate of drug-likeness (QED) is 0.414. The molecule has 2 fully saturated rings. The molecule has 1 aromatic heterocycles. The molecule has 5 rings (SSSR count). The van der Waals surface area contributed by atoms with Gasteiger partial charge in [-0.1, -0.05) is 42.2 Å². The molecule has 1 atom stereocenters. The molecule has 0 amide bonds. The fraction of sp³-hybridized carbons (Fsp3) is 0.500. The molecule has 206 valence electrons. The first-order valence-corrected chi connectivity index (χ1v) is 14.4. The van der Waals surface area contributed by atoms with Gasteiger partial charge in [0, 0.05) is 50.6 Å². The van der Waals surface area contributed by atoms with Crippen LogP contribution < -0.4 is 15.0 Å². The van der Waals surface area contributed by atoms with Crippen LogP contribution in [0.4, 0.5) is 11.8 Å². The minimum atomic E-state index is 0.325. The summed E-state index contributed by atoms with van der Waals surface area (Å²) in [5.41, 5.74) is 3.16. The Labute approximate surface area is 233 Å². The standard InChI is InChI=1S/C32H42N6O/c1-36(2)17-11-8-15-26-21-29-28(22-30(26)39-3)31(35-32(34-29)38-19-9-5-10-20-38)33-27-16-12-18-37(24-27)23-25-13-6-4-7-14-25/h4,6-7,13-14,21-22,27H,5,9-12,16-20,23-24H2,1-3H3,(H,33,34,35). The third-order valence-corrected chi connectivity index (χ3v) is 7.65. The summed E-state index contributed by atoms with van der Waals surface area (Å²) >= 11 is 0. The molecule has 2 aromatic carbocycles. The van der Waals surface area contributed by atoms with Crippen LogP contribution in [-0.2, 0) is 6.54 Å². The van der Waals surface area contributed by atoms with E-state index in [1.165, 1.54) is 31.2 Å². The summed E-state index contributed by atoms with van der Waals surface area (Å²) in [6.07, 6.45) is 6.76. The minimum absolute atomic E-state index is 0.325. The molecule has 39 heavy (non-hydrogen) atoms. The van der Waals surface area contributed by atoms with Crippen LogP contribution in [0.3, 0.4) is 0 Å². The van der Waals surface area contributed by atoms with E-state index in [9.17, 15) is 0 Å². The molecule has 2 saturated heterocycles. The molecule has 2 aliphatic heterocycles. The van der Waals surface area contributed by atoms with Gasteiger partial charge in [-0.25, -0.2) is 4.98 Å². The summed E-state index contributed by atoms with van der Waals surface area (Å²) < 4.78 is 5.79. The highest BCUT2D eigenvalue weighted by Crippen LogP contribution is 2.32. The number of methoxy groups -OCH3 is 1. The van der Waals surface area contributed by atoms with Gasteiger partial charge in [-0.3, -0.25) is 4.90 Å². The summed E-state index contributed by atoms with van der Waals surface area (Å²) in [7, 11) is 5.85. The average Bonchev–Trinajstić information content (AvgIpc) is 2.96. The number of aromatic nitrogens is 2. The summed E-state index contributed by atoms with van der Waals surface area (Å²) in [5, 5.41) is 4.83. The Bertz CT molecular complexity index is 1290. The van der Waals surface area contributed by atoms with Crippen molar-refractivity contribution in [2.75, 3.05) is 64.1 Å². The molecule has 7 nitrogen and oxygen atoms in total. The maximum absolute atomic E-state index is 5.79. The lowest BCUT2D eigenvalue weighted by Crippen LogP contribution is -2.41. The molecule has 0 aliphatic carbocycles. The van der Waals surface area contributed by atoms with Crippen LogP contribution in [0.15, 0.2) is 42.5 Å². The molecule has 2 aliphatic rings. The van der Waals surface area contributed by atoms with Crippen molar-refractivity contribution < 1.29 is 4.74 Å². The van der Waals surface area contributed by atoms with E-state index in [1.807, 2.05) is 0 Å². The van der Waals surface area contributed by atoms with Crippen LogP contribution in [0.1, 0.15) is 49.7 Å². The summed E-state index contributed by atoms with van der Waals surface area (Å²) in [6, 6.07) is 15.2. The number of rotatable bonds is 8. The van der Waals surface area contributed by atoms with E-state index in [4.69, 9.17) is 14.7 Å². The molecule has 1 unspecified atom stereocenters. The monoisotopic (exact) mass is 526 g/mol. The molecule has 0 bridgehead atoms. The third kappa shape index (κ3) is 7.20. The van der Waals surface area contributed by atoms with E-state index in [0.717, 1.165) is 86.1 Å². The second kappa shape index (κ2) is 13.1. The Hall–Kier alpha value is -3.34. The van der Waals surface area contributed by atoms with E-state index >= 15 is 0 Å². The zero-order valence-corrected chi connectivity index (χ0v) is 23.7. The summed E-state index contributed by atoms with van der Waals surface area (Å²) in [4.78, 5) is 17.2. The van der Waals surface area contributed by atoms with Crippen LogP contribution in [0.5, 0.6) is 5.75 Å². The van der Waals surface area contributed by atoms with Crippen molar-refractivity contribution in [1.82, 2.24) is 19.8 Å². The van der Waals surface area contributed by atoms with Gasteiger partial charge in [0.05, 0.1) is 18.2 Å². The number of benzene rings is 2. The molecule has 0 saturated carbocycles. The van der Waals surface area contributed by atoms with E-state index in [-0.39, 0.29) is 0 Å². The number of hydrogen-bond donors (Lipinski definition) is 1. The van der Waals surface area contributed by atoms with Gasteiger partial charge in [-0.15, -0.1) is 0 Å². The molecular formula is C32H42N6O. The topological polar surface area (TPSA) is 56.8 Å². The predicted octanol–water partition coefficient (Wildman–Crippen LogP) is 5.01. The molecule has 3 aromatic rings. The maximum atomic E-state index is 5.79. The first-order valence-electron chi connectivity index (χ1n) is 14.4. The lowest BCUT2D eigenvalue weighted by Gasteiger charge is -2.34. The van der Waals surface area contributed by atoms with Crippen LogP contribution >= 0.6 is 0 Å². The van der Waals surface area contributed by atoms with Gasteiger partial charge in [0.2, 0.25) is 5.95 Å². The molecule has 0 spiro atoms. The number of hydrogen-bond acceptors (Lipinski definition) is 7. The van der Waals surface area contributed by atoms with E-state index < -0.39 is 0 Å². The number of anilines is 2. The highest BCUT2D eigenvalue weighted by molar-refractivity contribution is 5.93. The average molecular weight is 527 g/mol. The molecule has 3 heterocycles. The molecule has 7 heteroatoms. The lowest BCUT2D eigenvalue weighted by atomic mass is 10.0. The van der Waals surface area contributed by atoms with Gasteiger partial charge in [0.25, 0.3) is 0 Å². The van der Waals surface area contributed by atoms with Gasteiger partial charge in [0.1, 0.15) is 11.6 Å². The summed E-state index contributed by atoms with van der Waals surface area (Å²) in [5.74, 6) is 9.13. The fourth-order valence-corrected chi connectivity index (χ4v) is 5.54. The zero-order chi connectivity index (χ0) is 27.0. The van der Waals surface area contributed by atoms with Gasteiger partial charge < -0.3 is 19.9 Å². The van der Waals surface area contributed by atoms with E-state index in [1.54, 1.807) is 7.11 Å². The number of nitrogens with one attached hydrogen (secondary N) is 1.